The van der Waals surface area contributed by atoms with E-state index in [1.807, 2.05) is 29.5 Å². The van der Waals surface area contributed by atoms with E-state index in [0.29, 0.717) is 23.9 Å². The summed E-state index contributed by atoms with van der Waals surface area (Å²) in [6.45, 7) is 2.66. The van der Waals surface area contributed by atoms with E-state index in [2.05, 4.69) is 10.3 Å². The lowest BCUT2D eigenvalue weighted by Gasteiger charge is -2.15. The van der Waals surface area contributed by atoms with Crippen molar-refractivity contribution in [2.45, 2.75) is 12.8 Å². The Morgan fingerprint density at radius 1 is 1.62 bits per heavy atom. The number of hydrogen-bond acceptors (Lipinski definition) is 5. The second-order valence-electron chi connectivity index (χ2n) is 5.35. The zero-order valence-electron chi connectivity index (χ0n) is 12.0. The van der Waals surface area contributed by atoms with Gasteiger partial charge in [-0.15, -0.1) is 11.3 Å². The van der Waals surface area contributed by atoms with Crippen molar-refractivity contribution in [3.8, 4) is 10.8 Å². The fourth-order valence-corrected chi connectivity index (χ4v) is 3.34. The first-order chi connectivity index (χ1) is 10.3. The molecule has 3 rings (SSSR count). The molecular formula is C15H19N3O2S. The molecule has 3 heterocycles. The number of rotatable bonds is 5. The van der Waals surface area contributed by atoms with Gasteiger partial charge in [-0.05, 0) is 37.4 Å². The van der Waals surface area contributed by atoms with Crippen molar-refractivity contribution in [1.29, 1.82) is 0 Å². The number of thiophene rings is 1. The molecule has 1 aliphatic heterocycles. The maximum absolute atomic E-state index is 12.3. The van der Waals surface area contributed by atoms with Gasteiger partial charge in [-0.25, -0.2) is 4.98 Å². The summed E-state index contributed by atoms with van der Waals surface area (Å²) in [4.78, 5) is 19.6. The summed E-state index contributed by atoms with van der Waals surface area (Å²) in [5.41, 5.74) is 0.709. The highest BCUT2D eigenvalue weighted by atomic mass is 32.1. The summed E-state index contributed by atoms with van der Waals surface area (Å²) in [7, 11) is 1.95. The van der Waals surface area contributed by atoms with Crippen molar-refractivity contribution in [2.24, 2.45) is 5.92 Å². The monoisotopic (exact) mass is 305 g/mol. The van der Waals surface area contributed by atoms with Gasteiger partial charge in [-0.1, -0.05) is 6.07 Å². The number of hydrogen-bond donors (Lipinski definition) is 1. The van der Waals surface area contributed by atoms with E-state index in [0.717, 1.165) is 30.9 Å². The number of nitrogens with one attached hydrogen (secondary N) is 1. The van der Waals surface area contributed by atoms with Gasteiger partial charge in [0.1, 0.15) is 6.26 Å². The average Bonchev–Trinajstić information content (AvgIpc) is 3.20. The quantitative estimate of drug-likeness (QED) is 0.918. The molecular weight excluding hydrogens is 286 g/mol. The Morgan fingerprint density at radius 3 is 3.29 bits per heavy atom. The first-order valence-corrected chi connectivity index (χ1v) is 8.05. The Labute approximate surface area is 128 Å². The molecule has 2 aromatic rings. The lowest BCUT2D eigenvalue weighted by Crippen LogP contribution is -2.31. The van der Waals surface area contributed by atoms with Gasteiger partial charge < -0.3 is 14.6 Å². The third kappa shape index (κ3) is 3.33. The van der Waals surface area contributed by atoms with E-state index in [1.165, 1.54) is 0 Å². The van der Waals surface area contributed by atoms with Crippen LogP contribution in [-0.4, -0.2) is 42.5 Å². The first kappa shape index (κ1) is 14.3. The maximum Gasteiger partial charge on any atom is 0.236 e. The van der Waals surface area contributed by atoms with Crippen molar-refractivity contribution >= 4 is 17.2 Å². The van der Waals surface area contributed by atoms with Crippen LogP contribution >= 0.6 is 11.3 Å². The van der Waals surface area contributed by atoms with Gasteiger partial charge >= 0.3 is 0 Å². The first-order valence-electron chi connectivity index (χ1n) is 7.17. The van der Waals surface area contributed by atoms with Gasteiger partial charge in [0.2, 0.25) is 11.8 Å². The minimum absolute atomic E-state index is 0.139. The summed E-state index contributed by atoms with van der Waals surface area (Å²) in [6, 6.07) is 3.92. The van der Waals surface area contributed by atoms with Crippen LogP contribution in [0.5, 0.6) is 0 Å². The molecule has 21 heavy (non-hydrogen) atoms. The second-order valence-corrected chi connectivity index (χ2v) is 6.30. The molecule has 5 nitrogen and oxygen atoms in total. The van der Waals surface area contributed by atoms with Crippen LogP contribution in [-0.2, 0) is 11.2 Å². The van der Waals surface area contributed by atoms with Crippen molar-refractivity contribution < 1.29 is 9.21 Å². The van der Waals surface area contributed by atoms with Gasteiger partial charge in [-0.3, -0.25) is 4.79 Å². The fraction of sp³-hybridized carbons (Fsp3) is 0.467. The number of amides is 1. The van der Waals surface area contributed by atoms with E-state index < -0.39 is 0 Å². The fourth-order valence-electron chi connectivity index (χ4n) is 2.68. The lowest BCUT2D eigenvalue weighted by atomic mass is 10.1. The predicted molar refractivity (Wildman–Crippen MR) is 82.1 cm³/mol. The number of aromatic nitrogens is 1. The molecule has 1 fully saturated rings. The molecule has 0 aromatic carbocycles. The van der Waals surface area contributed by atoms with Crippen LogP contribution in [0.25, 0.3) is 10.8 Å². The Kier molecular flexibility index (Phi) is 4.36. The van der Waals surface area contributed by atoms with E-state index in [1.54, 1.807) is 17.6 Å². The van der Waals surface area contributed by atoms with Crippen LogP contribution in [0.2, 0.25) is 0 Å². The number of carbonyl (C=O) groups is 1. The molecule has 0 aliphatic carbocycles. The Hall–Kier alpha value is -1.66. The van der Waals surface area contributed by atoms with Crippen LogP contribution in [0.15, 0.2) is 28.2 Å². The number of oxazole rings is 1. The lowest BCUT2D eigenvalue weighted by molar-refractivity contribution is -0.129. The van der Waals surface area contributed by atoms with Crippen LogP contribution in [0.1, 0.15) is 12.1 Å². The topological polar surface area (TPSA) is 58.4 Å². The molecule has 0 saturated carbocycles. The van der Waals surface area contributed by atoms with Gasteiger partial charge in [0.15, 0.2) is 0 Å². The maximum atomic E-state index is 12.3. The highest BCUT2D eigenvalue weighted by molar-refractivity contribution is 7.13. The molecule has 6 heteroatoms. The predicted octanol–water partition coefficient (Wildman–Crippen LogP) is 2.01. The highest BCUT2D eigenvalue weighted by Gasteiger charge is 2.26. The minimum atomic E-state index is 0.139. The number of nitrogens with zero attached hydrogens (tertiary/aromatic N) is 2. The third-order valence-corrected chi connectivity index (χ3v) is 4.61. The molecule has 0 spiro atoms. The third-order valence-electron chi connectivity index (χ3n) is 3.75. The average molecular weight is 305 g/mol. The largest absolute Gasteiger partial charge is 0.444 e. The summed E-state index contributed by atoms with van der Waals surface area (Å²) >= 11 is 1.58. The normalized spacial score (nSPS) is 18.3. The molecule has 112 valence electrons. The van der Waals surface area contributed by atoms with E-state index in [-0.39, 0.29) is 5.91 Å². The van der Waals surface area contributed by atoms with Crippen molar-refractivity contribution in [2.75, 3.05) is 26.7 Å². The SMILES string of the molecule is CNCC1CCN(C(=O)Cc2coc(-c3cccs3)n2)C1. The molecule has 1 unspecified atom stereocenters. The van der Waals surface area contributed by atoms with Crippen molar-refractivity contribution in [3.63, 3.8) is 0 Å². The Morgan fingerprint density at radius 2 is 2.52 bits per heavy atom. The zero-order chi connectivity index (χ0) is 14.7. The molecule has 0 bridgehead atoms. The number of likely N-dealkylation sites (tertiary alicyclic amines) is 1. The molecule has 1 aliphatic rings. The van der Waals surface area contributed by atoms with Crippen LogP contribution in [0.4, 0.5) is 0 Å². The minimum Gasteiger partial charge on any atom is -0.444 e. The number of carbonyl (C=O) groups excluding carboxylic acids is 1. The molecule has 2 aromatic heterocycles. The highest BCUT2D eigenvalue weighted by Crippen LogP contribution is 2.24. The van der Waals surface area contributed by atoms with E-state index in [4.69, 9.17) is 4.42 Å². The molecule has 0 radical (unpaired) electrons. The van der Waals surface area contributed by atoms with Gasteiger partial charge in [-0.2, -0.15) is 0 Å². The Bertz CT molecular complexity index is 594. The summed E-state index contributed by atoms with van der Waals surface area (Å²) in [6.07, 6.45) is 2.99. The van der Waals surface area contributed by atoms with Crippen molar-refractivity contribution in [1.82, 2.24) is 15.2 Å². The van der Waals surface area contributed by atoms with Crippen molar-refractivity contribution in [3.05, 3.63) is 29.5 Å². The molecule has 1 saturated heterocycles. The summed E-state index contributed by atoms with van der Waals surface area (Å²) in [5, 5.41) is 5.16. The smallest absolute Gasteiger partial charge is 0.236 e. The van der Waals surface area contributed by atoms with Crippen LogP contribution < -0.4 is 5.32 Å². The van der Waals surface area contributed by atoms with E-state index >= 15 is 0 Å². The molecule has 1 atom stereocenters. The molecule has 1 amide bonds. The summed E-state index contributed by atoms with van der Waals surface area (Å²) < 4.78 is 5.45. The standard InChI is InChI=1S/C15H19N3O2S/c1-16-8-11-4-5-18(9-11)14(19)7-12-10-20-15(17-12)13-3-2-6-21-13/h2-3,6,10-11,16H,4-5,7-9H2,1H3. The van der Waals surface area contributed by atoms with Gasteiger partial charge in [0, 0.05) is 13.1 Å². The summed E-state index contributed by atoms with van der Waals surface area (Å²) in [5.74, 6) is 1.31. The van der Waals surface area contributed by atoms with Gasteiger partial charge in [0.05, 0.1) is 17.0 Å². The van der Waals surface area contributed by atoms with Crippen LogP contribution in [0.3, 0.4) is 0 Å². The molecule has 1 N–H and O–H groups in total. The van der Waals surface area contributed by atoms with Crippen LogP contribution in [0, 0.1) is 5.92 Å². The second kappa shape index (κ2) is 6.41. The Balaban J connectivity index is 1.58. The zero-order valence-corrected chi connectivity index (χ0v) is 12.9. The van der Waals surface area contributed by atoms with Gasteiger partial charge in [0.25, 0.3) is 0 Å². The van der Waals surface area contributed by atoms with E-state index in [9.17, 15) is 4.79 Å².